The zero-order valence-corrected chi connectivity index (χ0v) is 15.9. The van der Waals surface area contributed by atoms with Crippen molar-refractivity contribution in [2.24, 2.45) is 11.8 Å². The summed E-state index contributed by atoms with van der Waals surface area (Å²) in [6, 6.07) is 1.67. The molecule has 0 aromatic heterocycles. The summed E-state index contributed by atoms with van der Waals surface area (Å²) in [5, 5.41) is 0. The Morgan fingerprint density at radius 3 is 2.00 bits per heavy atom. The van der Waals surface area contributed by atoms with E-state index in [1.165, 1.54) is 32.1 Å². The molecule has 2 rings (SSSR count). The Hall–Kier alpha value is -1.39. The molecule has 1 aromatic carbocycles. The second-order valence-electron chi connectivity index (χ2n) is 7.71. The Morgan fingerprint density at radius 1 is 0.926 bits per heavy atom. The highest BCUT2D eigenvalue weighted by Crippen LogP contribution is 2.36. The van der Waals surface area contributed by atoms with Crippen LogP contribution in [0.3, 0.4) is 0 Å². The highest BCUT2D eigenvalue weighted by molar-refractivity contribution is 5.28. The summed E-state index contributed by atoms with van der Waals surface area (Å²) in [7, 11) is 0. The van der Waals surface area contributed by atoms with Gasteiger partial charge in [-0.05, 0) is 62.1 Å². The van der Waals surface area contributed by atoms with Crippen LogP contribution in [-0.2, 0) is 12.6 Å². The minimum absolute atomic E-state index is 0.309. The Labute approximate surface area is 158 Å². The van der Waals surface area contributed by atoms with E-state index in [-0.39, 0.29) is 0 Å². The molecule has 0 N–H and O–H groups in total. The molecule has 0 amide bonds. The van der Waals surface area contributed by atoms with Crippen LogP contribution in [-0.4, -0.2) is 0 Å². The third kappa shape index (κ3) is 6.93. The fourth-order valence-corrected chi connectivity index (χ4v) is 4.08. The smallest absolute Gasteiger partial charge is 0.206 e. The number of halogens is 5. The first-order chi connectivity index (χ1) is 12.8. The van der Waals surface area contributed by atoms with Crippen molar-refractivity contribution in [2.75, 3.05) is 0 Å². The molecule has 152 valence electrons. The van der Waals surface area contributed by atoms with E-state index in [0.717, 1.165) is 43.7 Å². The highest BCUT2D eigenvalue weighted by Gasteiger charge is 2.37. The molecule has 1 saturated carbocycles. The molecule has 0 unspecified atom stereocenters. The third-order valence-corrected chi connectivity index (χ3v) is 5.66. The summed E-state index contributed by atoms with van der Waals surface area (Å²) in [6.07, 6.45) is 9.94. The molecule has 0 heterocycles. The molecule has 0 nitrogen and oxygen atoms in total. The molecule has 0 bridgehead atoms. The zero-order chi connectivity index (χ0) is 19.9. The summed E-state index contributed by atoms with van der Waals surface area (Å²) >= 11 is 0. The van der Waals surface area contributed by atoms with E-state index >= 15 is 0 Å². The van der Waals surface area contributed by atoms with Gasteiger partial charge < -0.3 is 0 Å². The van der Waals surface area contributed by atoms with Gasteiger partial charge in [0.25, 0.3) is 0 Å². The quantitative estimate of drug-likeness (QED) is 0.241. The standard InChI is InChI=1S/C22H29F5/c1-2-3-4-5-6-7-16-8-10-17(11-9-16)12-13-18-14-19(23)21(20(24)15-18)22(25,26)27/h2-3,14-17H,4-13H2,1H3/b3-2+/t16-,17-. The highest BCUT2D eigenvalue weighted by atomic mass is 19.4. The van der Waals surface area contributed by atoms with Crippen LogP contribution in [0.4, 0.5) is 22.0 Å². The molecule has 0 atom stereocenters. The molecule has 1 aromatic rings. The van der Waals surface area contributed by atoms with Crippen molar-refractivity contribution < 1.29 is 22.0 Å². The molecule has 0 aliphatic heterocycles. The van der Waals surface area contributed by atoms with Crippen molar-refractivity contribution in [3.63, 3.8) is 0 Å². The summed E-state index contributed by atoms with van der Waals surface area (Å²) < 4.78 is 65.2. The minimum atomic E-state index is -5.00. The summed E-state index contributed by atoms with van der Waals surface area (Å²) in [6.45, 7) is 2.04. The van der Waals surface area contributed by atoms with Gasteiger partial charge in [-0.3, -0.25) is 0 Å². The molecular weight excluding hydrogens is 359 g/mol. The van der Waals surface area contributed by atoms with Crippen LogP contribution in [0.1, 0.15) is 75.8 Å². The van der Waals surface area contributed by atoms with Crippen molar-refractivity contribution in [2.45, 2.75) is 77.3 Å². The molecule has 0 saturated heterocycles. The number of aryl methyl sites for hydroxylation is 1. The Kier molecular flexibility index (Phi) is 8.30. The van der Waals surface area contributed by atoms with Gasteiger partial charge in [0, 0.05) is 0 Å². The van der Waals surface area contributed by atoms with Crippen LogP contribution in [0, 0.1) is 23.5 Å². The van der Waals surface area contributed by atoms with Crippen molar-refractivity contribution in [1.29, 1.82) is 0 Å². The SMILES string of the molecule is C/C=C/CCCC[C@H]1CC[C@H](CCc2cc(F)c(C(F)(F)F)c(F)c2)CC1. The lowest BCUT2D eigenvalue weighted by atomic mass is 9.77. The summed E-state index contributed by atoms with van der Waals surface area (Å²) in [5.74, 6) is -1.76. The molecule has 0 radical (unpaired) electrons. The first-order valence-electron chi connectivity index (χ1n) is 9.97. The minimum Gasteiger partial charge on any atom is -0.206 e. The molecule has 5 heteroatoms. The van der Waals surface area contributed by atoms with Crippen LogP contribution in [0.5, 0.6) is 0 Å². The predicted molar refractivity (Wildman–Crippen MR) is 98.4 cm³/mol. The monoisotopic (exact) mass is 388 g/mol. The van der Waals surface area contributed by atoms with Gasteiger partial charge in [0.2, 0.25) is 0 Å². The average Bonchev–Trinajstić information content (AvgIpc) is 2.59. The number of benzene rings is 1. The fourth-order valence-electron chi connectivity index (χ4n) is 4.08. The largest absolute Gasteiger partial charge is 0.422 e. The number of rotatable bonds is 8. The Morgan fingerprint density at radius 2 is 1.48 bits per heavy atom. The van der Waals surface area contributed by atoms with E-state index in [0.29, 0.717) is 17.9 Å². The summed E-state index contributed by atoms with van der Waals surface area (Å²) in [4.78, 5) is 0. The number of unbranched alkanes of at least 4 members (excludes halogenated alkanes) is 2. The van der Waals surface area contributed by atoms with E-state index in [1.807, 2.05) is 6.92 Å². The molecule has 1 aliphatic rings. The van der Waals surface area contributed by atoms with Gasteiger partial charge in [-0.25, -0.2) is 8.78 Å². The number of alkyl halides is 3. The van der Waals surface area contributed by atoms with E-state index in [9.17, 15) is 22.0 Å². The molecule has 1 aliphatic carbocycles. The van der Waals surface area contributed by atoms with E-state index in [4.69, 9.17) is 0 Å². The third-order valence-electron chi connectivity index (χ3n) is 5.66. The van der Waals surface area contributed by atoms with Gasteiger partial charge >= 0.3 is 6.18 Å². The van der Waals surface area contributed by atoms with Crippen LogP contribution in [0.15, 0.2) is 24.3 Å². The van der Waals surface area contributed by atoms with Crippen molar-refractivity contribution >= 4 is 0 Å². The maximum absolute atomic E-state index is 13.7. The maximum Gasteiger partial charge on any atom is 0.422 e. The number of hydrogen-bond donors (Lipinski definition) is 0. The lowest BCUT2D eigenvalue weighted by molar-refractivity contribution is -0.142. The lowest BCUT2D eigenvalue weighted by Crippen LogP contribution is -2.16. The number of hydrogen-bond acceptors (Lipinski definition) is 0. The van der Waals surface area contributed by atoms with E-state index in [1.54, 1.807) is 0 Å². The second-order valence-corrected chi connectivity index (χ2v) is 7.71. The average molecular weight is 388 g/mol. The first kappa shape index (κ1) is 21.9. The van der Waals surface area contributed by atoms with E-state index < -0.39 is 23.4 Å². The van der Waals surface area contributed by atoms with Gasteiger partial charge in [0.1, 0.15) is 17.2 Å². The van der Waals surface area contributed by atoms with E-state index in [2.05, 4.69) is 12.2 Å². The van der Waals surface area contributed by atoms with Gasteiger partial charge in [0.15, 0.2) is 0 Å². The Balaban J connectivity index is 1.75. The van der Waals surface area contributed by atoms with Crippen LogP contribution in [0.2, 0.25) is 0 Å². The molecule has 27 heavy (non-hydrogen) atoms. The summed E-state index contributed by atoms with van der Waals surface area (Å²) in [5.41, 5.74) is -1.48. The van der Waals surface area contributed by atoms with Crippen molar-refractivity contribution in [3.8, 4) is 0 Å². The van der Waals surface area contributed by atoms with Crippen molar-refractivity contribution in [1.82, 2.24) is 0 Å². The maximum atomic E-state index is 13.7. The molecule has 1 fully saturated rings. The molecular formula is C22H29F5. The van der Waals surface area contributed by atoms with Gasteiger partial charge in [-0.15, -0.1) is 0 Å². The van der Waals surface area contributed by atoms with Crippen LogP contribution >= 0.6 is 0 Å². The number of allylic oxidation sites excluding steroid dienone is 2. The molecule has 0 spiro atoms. The van der Waals surface area contributed by atoms with Gasteiger partial charge in [0.05, 0.1) is 0 Å². The fraction of sp³-hybridized carbons (Fsp3) is 0.636. The normalized spacial score (nSPS) is 21.1. The lowest BCUT2D eigenvalue weighted by Gasteiger charge is -2.28. The second kappa shape index (κ2) is 10.2. The van der Waals surface area contributed by atoms with Gasteiger partial charge in [-0.1, -0.05) is 50.7 Å². The zero-order valence-electron chi connectivity index (χ0n) is 15.9. The van der Waals surface area contributed by atoms with Crippen LogP contribution in [0.25, 0.3) is 0 Å². The topological polar surface area (TPSA) is 0 Å². The van der Waals surface area contributed by atoms with Crippen LogP contribution < -0.4 is 0 Å². The predicted octanol–water partition coefficient (Wildman–Crippen LogP) is 7.86. The first-order valence-corrected chi connectivity index (χ1v) is 9.97. The van der Waals surface area contributed by atoms with Crippen molar-refractivity contribution in [3.05, 3.63) is 47.0 Å². The van der Waals surface area contributed by atoms with Gasteiger partial charge in [-0.2, -0.15) is 13.2 Å². The Bertz CT molecular complexity index is 587.